The molecule has 2 heterocycles. The van der Waals surface area contributed by atoms with Gasteiger partial charge in [0, 0.05) is 30.2 Å². The molecule has 0 aliphatic heterocycles. The lowest BCUT2D eigenvalue weighted by Gasteiger charge is -2.03. The van der Waals surface area contributed by atoms with Gasteiger partial charge in [0.25, 0.3) is 0 Å². The molecular weight excluding hydrogens is 252 g/mol. The Morgan fingerprint density at radius 2 is 2.24 bits per heavy atom. The van der Waals surface area contributed by atoms with E-state index >= 15 is 0 Å². The van der Waals surface area contributed by atoms with E-state index in [-0.39, 0.29) is 0 Å². The molecule has 0 unspecified atom stereocenters. The van der Waals surface area contributed by atoms with Crippen LogP contribution in [0.4, 0.5) is 0 Å². The molecule has 4 nitrogen and oxygen atoms in total. The topological polar surface area (TPSA) is 42.7 Å². The highest BCUT2D eigenvalue weighted by Gasteiger charge is 2.15. The molecule has 0 saturated carbocycles. The van der Waals surface area contributed by atoms with Gasteiger partial charge in [0.1, 0.15) is 5.03 Å². The van der Waals surface area contributed by atoms with E-state index in [1.807, 2.05) is 32.6 Å². The van der Waals surface area contributed by atoms with Crippen LogP contribution in [0.25, 0.3) is 0 Å². The summed E-state index contributed by atoms with van der Waals surface area (Å²) in [4.78, 5) is 4.48. The average molecular weight is 268 g/mol. The number of nitrogens with one attached hydrogen (secondary N) is 1. The number of nitrogens with zero attached hydrogens (tertiary/aromatic N) is 3. The molecule has 2 aromatic heterocycles. The second kappa shape index (κ2) is 5.20. The van der Waals surface area contributed by atoms with Gasteiger partial charge in [-0.1, -0.05) is 0 Å². The van der Waals surface area contributed by atoms with Gasteiger partial charge in [0.05, 0.1) is 5.69 Å². The number of aromatic nitrogens is 3. The lowest BCUT2D eigenvalue weighted by Crippen LogP contribution is -2.06. The zero-order chi connectivity index (χ0) is 12.4. The normalized spacial score (nSPS) is 11.1. The van der Waals surface area contributed by atoms with Crippen LogP contribution in [0.3, 0.4) is 0 Å². The van der Waals surface area contributed by atoms with Crippen molar-refractivity contribution < 1.29 is 0 Å². The first-order chi connectivity index (χ1) is 8.11. The molecule has 0 saturated heterocycles. The van der Waals surface area contributed by atoms with Gasteiger partial charge < -0.3 is 5.32 Å². The highest BCUT2D eigenvalue weighted by atomic mass is 32.2. The monoisotopic (exact) mass is 268 g/mol. The fraction of sp³-hybridized carbons (Fsp3) is 0.455. The Kier molecular flexibility index (Phi) is 3.86. The first-order valence-electron chi connectivity index (χ1n) is 5.39. The Balaban J connectivity index is 2.31. The first-order valence-corrected chi connectivity index (χ1v) is 7.08. The molecule has 0 atom stereocenters. The SMILES string of the molecule is CNCc1c(C)nn(C)c1Sc1nc(C)cs1. The van der Waals surface area contributed by atoms with Crippen molar-refractivity contribution in [2.24, 2.45) is 7.05 Å². The van der Waals surface area contributed by atoms with E-state index in [0.29, 0.717) is 0 Å². The van der Waals surface area contributed by atoms with Gasteiger partial charge in [-0.2, -0.15) is 5.10 Å². The minimum absolute atomic E-state index is 0.840. The molecule has 0 spiro atoms. The molecule has 0 radical (unpaired) electrons. The van der Waals surface area contributed by atoms with Crippen molar-refractivity contribution in [2.45, 2.75) is 29.8 Å². The summed E-state index contributed by atoms with van der Waals surface area (Å²) in [5.74, 6) is 0. The third-order valence-electron chi connectivity index (χ3n) is 2.42. The number of hydrogen-bond acceptors (Lipinski definition) is 5. The summed E-state index contributed by atoms with van der Waals surface area (Å²) >= 11 is 3.37. The van der Waals surface area contributed by atoms with Crippen LogP contribution < -0.4 is 5.32 Å². The lowest BCUT2D eigenvalue weighted by molar-refractivity contribution is 0.683. The first kappa shape index (κ1) is 12.6. The molecule has 92 valence electrons. The minimum Gasteiger partial charge on any atom is -0.316 e. The van der Waals surface area contributed by atoms with Crippen molar-refractivity contribution in [3.8, 4) is 0 Å². The zero-order valence-electron chi connectivity index (χ0n) is 10.4. The van der Waals surface area contributed by atoms with E-state index in [4.69, 9.17) is 0 Å². The number of hydrogen-bond donors (Lipinski definition) is 1. The molecule has 0 fully saturated rings. The van der Waals surface area contributed by atoms with Crippen LogP contribution in [0.1, 0.15) is 17.0 Å². The average Bonchev–Trinajstić information content (AvgIpc) is 2.78. The van der Waals surface area contributed by atoms with Gasteiger partial charge in [-0.25, -0.2) is 4.98 Å². The van der Waals surface area contributed by atoms with Crippen LogP contribution in [-0.4, -0.2) is 21.8 Å². The molecule has 2 aromatic rings. The van der Waals surface area contributed by atoms with Crippen LogP contribution in [-0.2, 0) is 13.6 Å². The summed E-state index contributed by atoms with van der Waals surface area (Å²) in [5.41, 5.74) is 3.41. The lowest BCUT2D eigenvalue weighted by atomic mass is 10.3. The molecule has 2 rings (SSSR count). The van der Waals surface area contributed by atoms with Gasteiger partial charge in [-0.15, -0.1) is 11.3 Å². The molecule has 0 amide bonds. The molecule has 1 N–H and O–H groups in total. The summed E-state index contributed by atoms with van der Waals surface area (Å²) in [7, 11) is 3.93. The fourth-order valence-electron chi connectivity index (χ4n) is 1.65. The van der Waals surface area contributed by atoms with Crippen LogP contribution in [0.5, 0.6) is 0 Å². The summed E-state index contributed by atoms with van der Waals surface area (Å²) in [6.07, 6.45) is 0. The standard InChI is InChI=1S/C11H16N4S2/c1-7-6-16-11(13-7)17-10-9(5-12-3)8(2)14-15(10)4/h6,12H,5H2,1-4H3. The largest absolute Gasteiger partial charge is 0.316 e. The Labute approximate surface area is 109 Å². The fourth-order valence-corrected chi connectivity index (χ4v) is 3.62. The van der Waals surface area contributed by atoms with E-state index in [1.165, 1.54) is 10.6 Å². The molecule has 0 bridgehead atoms. The third-order valence-corrected chi connectivity index (χ3v) is 4.68. The van der Waals surface area contributed by atoms with E-state index in [9.17, 15) is 0 Å². The van der Waals surface area contributed by atoms with E-state index in [0.717, 1.165) is 22.3 Å². The Hall–Kier alpha value is -0.850. The maximum atomic E-state index is 4.48. The summed E-state index contributed by atoms with van der Waals surface area (Å²) in [5, 5.41) is 10.9. The maximum absolute atomic E-state index is 4.48. The van der Waals surface area contributed by atoms with Crippen molar-refractivity contribution in [2.75, 3.05) is 7.05 Å². The van der Waals surface area contributed by atoms with E-state index in [1.54, 1.807) is 23.1 Å². The maximum Gasteiger partial charge on any atom is 0.156 e. The molecule has 0 aromatic carbocycles. The molecule has 0 aliphatic rings. The molecule has 17 heavy (non-hydrogen) atoms. The van der Waals surface area contributed by atoms with Crippen molar-refractivity contribution in [3.05, 3.63) is 22.3 Å². The second-order valence-corrected chi connectivity index (χ2v) is 5.97. The molecule has 6 heteroatoms. The highest BCUT2D eigenvalue weighted by Crippen LogP contribution is 2.33. The predicted octanol–water partition coefficient (Wildman–Crippen LogP) is 2.36. The van der Waals surface area contributed by atoms with Gasteiger partial charge in [0.2, 0.25) is 0 Å². The highest BCUT2D eigenvalue weighted by molar-refractivity contribution is 8.01. The Morgan fingerprint density at radius 3 is 2.82 bits per heavy atom. The van der Waals surface area contributed by atoms with Crippen LogP contribution in [0.15, 0.2) is 14.7 Å². The third kappa shape index (κ3) is 2.70. The Morgan fingerprint density at radius 1 is 1.47 bits per heavy atom. The smallest absolute Gasteiger partial charge is 0.156 e. The van der Waals surface area contributed by atoms with Gasteiger partial charge in [-0.3, -0.25) is 4.68 Å². The number of aryl methyl sites for hydroxylation is 3. The number of thiazole rings is 1. The quantitative estimate of drug-likeness (QED) is 0.924. The van der Waals surface area contributed by atoms with Gasteiger partial charge >= 0.3 is 0 Å². The number of rotatable bonds is 4. The van der Waals surface area contributed by atoms with Crippen LogP contribution in [0.2, 0.25) is 0 Å². The summed E-state index contributed by atoms with van der Waals surface area (Å²) < 4.78 is 3.01. The predicted molar refractivity (Wildman–Crippen MR) is 71.7 cm³/mol. The van der Waals surface area contributed by atoms with E-state index < -0.39 is 0 Å². The summed E-state index contributed by atoms with van der Waals surface area (Å²) in [6, 6.07) is 0. The van der Waals surface area contributed by atoms with E-state index in [2.05, 4.69) is 20.8 Å². The van der Waals surface area contributed by atoms with Gasteiger partial charge in [0.15, 0.2) is 4.34 Å². The van der Waals surface area contributed by atoms with Crippen LogP contribution in [0, 0.1) is 13.8 Å². The van der Waals surface area contributed by atoms with Crippen LogP contribution >= 0.6 is 23.1 Å². The van der Waals surface area contributed by atoms with Crippen molar-refractivity contribution in [1.82, 2.24) is 20.1 Å². The summed E-state index contributed by atoms with van der Waals surface area (Å²) in [6.45, 7) is 4.90. The van der Waals surface area contributed by atoms with Gasteiger partial charge in [-0.05, 0) is 32.7 Å². The molecular formula is C11H16N4S2. The van der Waals surface area contributed by atoms with Crippen molar-refractivity contribution >= 4 is 23.1 Å². The zero-order valence-corrected chi connectivity index (χ0v) is 12.1. The Bertz CT molecular complexity index is 516. The van der Waals surface area contributed by atoms with Crippen molar-refractivity contribution in [1.29, 1.82) is 0 Å². The second-order valence-electron chi connectivity index (χ2n) is 3.88. The molecule has 0 aliphatic carbocycles. The minimum atomic E-state index is 0.840. The van der Waals surface area contributed by atoms with Crippen molar-refractivity contribution in [3.63, 3.8) is 0 Å².